The number of esters is 1. The van der Waals surface area contributed by atoms with Crippen LogP contribution in [0.3, 0.4) is 0 Å². The maximum absolute atomic E-state index is 12.1. The van der Waals surface area contributed by atoms with Crippen LogP contribution in [0.15, 0.2) is 53.3 Å². The average Bonchev–Trinajstić information content (AvgIpc) is 3.00. The van der Waals surface area contributed by atoms with Crippen molar-refractivity contribution in [2.45, 2.75) is 19.1 Å². The molecule has 3 aromatic rings. The Labute approximate surface area is 149 Å². The Hall–Kier alpha value is -3.22. The molecule has 0 radical (unpaired) electrons. The maximum atomic E-state index is 12.1. The van der Waals surface area contributed by atoms with Crippen molar-refractivity contribution in [1.29, 1.82) is 0 Å². The topological polar surface area (TPSA) is 82.6 Å². The molecule has 2 heterocycles. The molecule has 26 heavy (non-hydrogen) atoms. The van der Waals surface area contributed by atoms with Crippen LogP contribution >= 0.6 is 0 Å². The summed E-state index contributed by atoms with van der Waals surface area (Å²) in [7, 11) is 0. The number of hydrogen-bond acceptors (Lipinski definition) is 5. The minimum Gasteiger partial charge on any atom is -0.485 e. The van der Waals surface area contributed by atoms with Gasteiger partial charge in [-0.2, -0.15) is 0 Å². The van der Waals surface area contributed by atoms with E-state index >= 15 is 0 Å². The number of ether oxygens (including phenoxy) is 3. The first-order valence-electron chi connectivity index (χ1n) is 8.45. The molecule has 1 aliphatic rings. The van der Waals surface area contributed by atoms with E-state index in [1.165, 1.54) is 0 Å². The molecule has 1 aliphatic heterocycles. The molecule has 0 fully saturated rings. The number of carbonyl (C=O) groups excluding carboxylic acids is 1. The summed E-state index contributed by atoms with van der Waals surface area (Å²) in [5.74, 6) is 0.687. The molecule has 1 atom stereocenters. The summed E-state index contributed by atoms with van der Waals surface area (Å²) >= 11 is 0. The average molecular weight is 354 g/mol. The van der Waals surface area contributed by atoms with Crippen LogP contribution in [0.5, 0.6) is 11.5 Å². The maximum Gasteiger partial charge on any atom is 0.350 e. The van der Waals surface area contributed by atoms with Crippen LogP contribution in [0, 0.1) is 0 Å². The minimum atomic E-state index is -0.777. The van der Waals surface area contributed by atoms with Crippen LogP contribution in [0.4, 0.5) is 0 Å². The quantitative estimate of drug-likeness (QED) is 0.560. The number of aryl methyl sites for hydroxylation is 1. The fraction of sp³-hybridized carbons (Fsp3) is 0.263. The van der Waals surface area contributed by atoms with Gasteiger partial charge < -0.3 is 19.2 Å². The molecular weight excluding hydrogens is 336 g/mol. The van der Waals surface area contributed by atoms with Crippen LogP contribution in [0.25, 0.3) is 11.0 Å². The van der Waals surface area contributed by atoms with Crippen LogP contribution in [0.2, 0.25) is 0 Å². The van der Waals surface area contributed by atoms with Gasteiger partial charge in [0, 0.05) is 6.54 Å². The smallest absolute Gasteiger partial charge is 0.350 e. The molecule has 1 aromatic heterocycles. The summed E-state index contributed by atoms with van der Waals surface area (Å²) < 4.78 is 18.0. The number of carbonyl (C=O) groups is 1. The lowest BCUT2D eigenvalue weighted by Crippen LogP contribution is -2.38. The summed E-state index contributed by atoms with van der Waals surface area (Å²) in [6, 6.07) is 14.7. The standard InChI is InChI=1S/C19H18N2O5/c22-18(17-12-25-15-8-3-4-9-16(15)26-17)24-11-5-10-21-14-7-2-1-6-13(14)20-19(21)23/h1-4,6-9,17H,5,10-12H2,(H,20,23)/t17-/m0/s1. The summed E-state index contributed by atoms with van der Waals surface area (Å²) in [6.45, 7) is 0.783. The van der Waals surface area contributed by atoms with E-state index in [1.807, 2.05) is 36.4 Å². The summed E-state index contributed by atoms with van der Waals surface area (Å²) in [5.41, 5.74) is 1.46. The number of nitrogens with one attached hydrogen (secondary N) is 1. The van der Waals surface area contributed by atoms with Crippen molar-refractivity contribution in [3.05, 3.63) is 59.0 Å². The zero-order chi connectivity index (χ0) is 17.9. The molecule has 0 unspecified atom stereocenters. The Morgan fingerprint density at radius 2 is 1.92 bits per heavy atom. The molecule has 0 saturated heterocycles. The van der Waals surface area contributed by atoms with E-state index in [0.717, 1.165) is 11.0 Å². The van der Waals surface area contributed by atoms with E-state index in [2.05, 4.69) is 4.98 Å². The number of H-pyrrole nitrogens is 1. The molecule has 7 nitrogen and oxygen atoms in total. The van der Waals surface area contributed by atoms with Crippen LogP contribution in [-0.4, -0.2) is 34.8 Å². The Morgan fingerprint density at radius 3 is 2.81 bits per heavy atom. The zero-order valence-corrected chi connectivity index (χ0v) is 14.0. The van der Waals surface area contributed by atoms with Crippen LogP contribution < -0.4 is 15.2 Å². The van der Waals surface area contributed by atoms with E-state index in [1.54, 1.807) is 16.7 Å². The van der Waals surface area contributed by atoms with E-state index in [9.17, 15) is 9.59 Å². The number of fused-ring (bicyclic) bond motifs is 2. The fourth-order valence-corrected chi connectivity index (χ4v) is 2.95. The normalized spacial score (nSPS) is 15.8. The third-order valence-electron chi connectivity index (χ3n) is 4.22. The van der Waals surface area contributed by atoms with Crippen molar-refractivity contribution >= 4 is 17.0 Å². The highest BCUT2D eigenvalue weighted by Gasteiger charge is 2.28. The number of para-hydroxylation sites is 4. The van der Waals surface area contributed by atoms with Crippen molar-refractivity contribution < 1.29 is 19.0 Å². The van der Waals surface area contributed by atoms with E-state index in [-0.39, 0.29) is 18.9 Å². The lowest BCUT2D eigenvalue weighted by Gasteiger charge is -2.24. The molecule has 0 spiro atoms. The highest BCUT2D eigenvalue weighted by Crippen LogP contribution is 2.31. The number of aromatic amines is 1. The van der Waals surface area contributed by atoms with Crippen LogP contribution in [0.1, 0.15) is 6.42 Å². The van der Waals surface area contributed by atoms with Gasteiger partial charge in [-0.05, 0) is 30.7 Å². The van der Waals surface area contributed by atoms with Gasteiger partial charge in [-0.25, -0.2) is 9.59 Å². The Kier molecular flexibility index (Phi) is 4.35. The lowest BCUT2D eigenvalue weighted by atomic mass is 10.2. The largest absolute Gasteiger partial charge is 0.485 e. The molecule has 0 bridgehead atoms. The van der Waals surface area contributed by atoms with E-state index in [0.29, 0.717) is 24.5 Å². The summed E-state index contributed by atoms with van der Waals surface area (Å²) in [6.07, 6.45) is -0.252. The van der Waals surface area contributed by atoms with Gasteiger partial charge in [-0.3, -0.25) is 4.57 Å². The third-order valence-corrected chi connectivity index (χ3v) is 4.22. The molecule has 0 amide bonds. The minimum absolute atomic E-state index is 0.123. The number of benzene rings is 2. The van der Waals surface area contributed by atoms with E-state index in [4.69, 9.17) is 14.2 Å². The lowest BCUT2D eigenvalue weighted by molar-refractivity contribution is -0.154. The predicted molar refractivity (Wildman–Crippen MR) is 94.5 cm³/mol. The van der Waals surface area contributed by atoms with Crippen LogP contribution in [-0.2, 0) is 16.1 Å². The molecule has 0 aliphatic carbocycles. The molecule has 134 valence electrons. The summed E-state index contributed by atoms with van der Waals surface area (Å²) in [4.78, 5) is 26.9. The first-order chi connectivity index (χ1) is 12.7. The molecule has 4 rings (SSSR count). The highest BCUT2D eigenvalue weighted by molar-refractivity contribution is 5.76. The second-order valence-electron chi connectivity index (χ2n) is 5.98. The number of rotatable bonds is 5. The van der Waals surface area contributed by atoms with Crippen molar-refractivity contribution in [3.63, 3.8) is 0 Å². The highest BCUT2D eigenvalue weighted by atomic mass is 16.6. The monoisotopic (exact) mass is 354 g/mol. The second kappa shape index (κ2) is 6.95. The van der Waals surface area contributed by atoms with Gasteiger partial charge in [0.15, 0.2) is 11.5 Å². The first-order valence-corrected chi connectivity index (χ1v) is 8.45. The van der Waals surface area contributed by atoms with Crippen molar-refractivity contribution in [1.82, 2.24) is 9.55 Å². The fourth-order valence-electron chi connectivity index (χ4n) is 2.95. The Bertz CT molecular complexity index is 991. The van der Waals surface area contributed by atoms with Gasteiger partial charge >= 0.3 is 11.7 Å². The van der Waals surface area contributed by atoms with Gasteiger partial charge in [0.25, 0.3) is 0 Å². The second-order valence-corrected chi connectivity index (χ2v) is 5.98. The molecule has 2 aromatic carbocycles. The molecule has 1 N–H and O–H groups in total. The molecule has 7 heteroatoms. The summed E-state index contributed by atoms with van der Waals surface area (Å²) in [5, 5.41) is 0. The van der Waals surface area contributed by atoms with Crippen molar-refractivity contribution in [3.8, 4) is 11.5 Å². The van der Waals surface area contributed by atoms with Crippen molar-refractivity contribution in [2.75, 3.05) is 13.2 Å². The van der Waals surface area contributed by atoms with Crippen molar-refractivity contribution in [2.24, 2.45) is 0 Å². The molecular formula is C19H18N2O5. The van der Waals surface area contributed by atoms with Gasteiger partial charge in [-0.15, -0.1) is 0 Å². The molecule has 0 saturated carbocycles. The number of nitrogens with zero attached hydrogens (tertiary/aromatic N) is 1. The van der Waals surface area contributed by atoms with Gasteiger partial charge in [-0.1, -0.05) is 24.3 Å². The Balaban J connectivity index is 1.30. The number of aromatic nitrogens is 2. The number of hydrogen-bond donors (Lipinski definition) is 1. The zero-order valence-electron chi connectivity index (χ0n) is 14.0. The van der Waals surface area contributed by atoms with E-state index < -0.39 is 12.1 Å². The third kappa shape index (κ3) is 3.15. The number of imidazole rings is 1. The van der Waals surface area contributed by atoms with Gasteiger partial charge in [0.1, 0.15) is 6.61 Å². The van der Waals surface area contributed by atoms with Gasteiger partial charge in [0.05, 0.1) is 17.6 Å². The first kappa shape index (κ1) is 16.3. The van der Waals surface area contributed by atoms with Gasteiger partial charge in [0.2, 0.25) is 6.10 Å². The Morgan fingerprint density at radius 1 is 1.15 bits per heavy atom. The predicted octanol–water partition coefficient (Wildman–Crippen LogP) is 2.10. The SMILES string of the molecule is O=C(OCCCn1c(=O)[nH]c2ccccc21)[C@@H]1COc2ccccc2O1.